The van der Waals surface area contributed by atoms with Crippen LogP contribution in [0, 0.1) is 0 Å². The van der Waals surface area contributed by atoms with Gasteiger partial charge in [0.05, 0.1) is 17.9 Å². The van der Waals surface area contributed by atoms with Gasteiger partial charge in [-0.1, -0.05) is 0 Å². The number of rotatable bonds is 3. The van der Waals surface area contributed by atoms with Gasteiger partial charge in [0.1, 0.15) is 0 Å². The van der Waals surface area contributed by atoms with Gasteiger partial charge in [-0.25, -0.2) is 0 Å². The monoisotopic (exact) mass is 375 g/mol. The first kappa shape index (κ1) is 36.1. The molecule has 0 rings (SSSR count). The number of carboxylic acids is 3. The molecule has 0 saturated carbocycles. The zero-order valence-corrected chi connectivity index (χ0v) is 13.7. The van der Waals surface area contributed by atoms with Gasteiger partial charge >= 0.3 is 17.4 Å². The summed E-state index contributed by atoms with van der Waals surface area (Å²) >= 11 is 0. The van der Waals surface area contributed by atoms with Crippen molar-refractivity contribution in [2.45, 2.75) is 0 Å². The molecule has 0 aromatic carbocycles. The molecule has 102 valence electrons. The van der Waals surface area contributed by atoms with Crippen LogP contribution in [0.3, 0.4) is 0 Å². The van der Waals surface area contributed by atoms with Crippen LogP contribution in [-0.2, 0) is 40.6 Å². The number of carbonyl (C=O) groups excluding carboxylic acids is 3. The van der Waals surface area contributed by atoms with Crippen LogP contribution in [0.4, 0.5) is 0 Å². The average Bonchev–Trinajstić information content (AvgIpc) is 2.19. The van der Waals surface area contributed by atoms with E-state index in [2.05, 4.69) is 17.2 Å². The van der Waals surface area contributed by atoms with E-state index >= 15 is 0 Å². The van der Waals surface area contributed by atoms with E-state index in [9.17, 15) is 0 Å². The summed E-state index contributed by atoms with van der Waals surface area (Å²) in [5, 5.41) is 27.4. The number of carboxylic acid groups (broad SMARTS) is 3. The Hall–Kier alpha value is -0.00442. The molecule has 0 aliphatic rings. The fraction of sp³-hybridized carbons (Fsp3) is 0.500. The molecule has 0 aliphatic heterocycles. The fourth-order valence-electron chi connectivity index (χ4n) is 0. The molecule has 18 heavy (non-hydrogen) atoms. The topological polar surface area (TPSA) is 198 Å². The summed E-state index contributed by atoms with van der Waals surface area (Å²) in [4.78, 5) is 27.4. The molecule has 0 fully saturated rings. The normalized spacial score (nSPS) is 6.17. The maximum absolute atomic E-state index is 9.13. The Morgan fingerprint density at radius 2 is 0.778 bits per heavy atom. The predicted octanol–water partition coefficient (Wildman–Crippen LogP) is -6.88. The minimum atomic E-state index is -1.22. The second kappa shape index (κ2) is 30.2. The minimum Gasteiger partial charge on any atom is -0.549 e. The summed E-state index contributed by atoms with van der Waals surface area (Å²) in [6.07, 6.45) is 0. The van der Waals surface area contributed by atoms with Gasteiger partial charge in [-0.3, -0.25) is 0 Å². The van der Waals surface area contributed by atoms with Crippen LogP contribution in [0.1, 0.15) is 0 Å². The zero-order chi connectivity index (χ0) is 12.9. The zero-order valence-electron chi connectivity index (χ0n) is 9.29. The van der Waals surface area contributed by atoms with E-state index in [1.807, 2.05) is 0 Å². The molecule has 0 amide bonds. The molecule has 0 aliphatic carbocycles. The fourth-order valence-corrected chi connectivity index (χ4v) is 0. The van der Waals surface area contributed by atoms with E-state index in [1.165, 1.54) is 0 Å². The summed E-state index contributed by atoms with van der Waals surface area (Å²) in [6.45, 7) is -1.17. The average molecular weight is 377 g/mol. The Labute approximate surface area is 140 Å². The number of nitrogens with two attached hydrogens (primary N) is 3. The van der Waals surface area contributed by atoms with Crippen molar-refractivity contribution < 1.29 is 55.9 Å². The van der Waals surface area contributed by atoms with Gasteiger partial charge < -0.3 is 46.9 Å². The molecule has 0 unspecified atom stereocenters. The first-order valence-electron chi connectivity index (χ1n) is 3.51. The molecule has 6 N–H and O–H groups in total. The molecular formula is C6H13AlClN3O6Zr. The van der Waals surface area contributed by atoms with Crippen molar-refractivity contribution in [3.8, 4) is 0 Å². The second-order valence-corrected chi connectivity index (χ2v) is 1.73. The Kier molecular flexibility index (Phi) is 60.6. The van der Waals surface area contributed by atoms with Crippen molar-refractivity contribution in [3.05, 3.63) is 0 Å². The molecule has 9 nitrogen and oxygen atoms in total. The van der Waals surface area contributed by atoms with E-state index in [4.69, 9.17) is 29.7 Å². The van der Waals surface area contributed by atoms with Crippen LogP contribution < -0.4 is 32.5 Å². The molecule has 0 atom stereocenters. The van der Waals surface area contributed by atoms with Crippen LogP contribution in [0.15, 0.2) is 0 Å². The van der Waals surface area contributed by atoms with E-state index in [-0.39, 0.29) is 75.6 Å². The molecule has 0 aromatic heterocycles. The van der Waals surface area contributed by atoms with Gasteiger partial charge in [0.2, 0.25) is 0 Å². The maximum atomic E-state index is 9.13. The minimum absolute atomic E-state index is 0. The standard InChI is InChI=1S/3C2H5NO2.Al.ClH.Zr/c3*3-1-2(4)5;;;/h3*1,3H2,(H,4,5);;1H;/q;;;+3;;/p-3. The third kappa shape index (κ3) is 100. The molecule has 12 heteroatoms. The summed E-state index contributed by atoms with van der Waals surface area (Å²) in [5.41, 5.74) is 13.5. The Bertz CT molecular complexity index is 178. The Morgan fingerprint density at radius 1 is 0.722 bits per heavy atom. The Morgan fingerprint density at radius 3 is 0.778 bits per heavy atom. The van der Waals surface area contributed by atoms with E-state index in [0.29, 0.717) is 0 Å². The van der Waals surface area contributed by atoms with Crippen molar-refractivity contribution in [2.75, 3.05) is 19.6 Å². The molecule has 0 heterocycles. The SMILES string of the molecule is Cl.NCC(=O)[O-].NCC(=O)[O-].NCC(=O)[O-].[Al+3].[Zr]. The van der Waals surface area contributed by atoms with Crippen molar-refractivity contribution >= 4 is 47.7 Å². The van der Waals surface area contributed by atoms with Crippen molar-refractivity contribution in [2.24, 2.45) is 17.2 Å². The van der Waals surface area contributed by atoms with Crippen molar-refractivity contribution in [3.63, 3.8) is 0 Å². The van der Waals surface area contributed by atoms with Crippen LogP contribution in [0.25, 0.3) is 0 Å². The van der Waals surface area contributed by atoms with Crippen molar-refractivity contribution in [1.29, 1.82) is 0 Å². The van der Waals surface area contributed by atoms with Crippen LogP contribution in [-0.4, -0.2) is 54.9 Å². The van der Waals surface area contributed by atoms with Gasteiger partial charge in [-0.05, 0) is 0 Å². The first-order valence-corrected chi connectivity index (χ1v) is 3.51. The largest absolute Gasteiger partial charge is 3.00 e. The second-order valence-electron chi connectivity index (χ2n) is 1.73. The summed E-state index contributed by atoms with van der Waals surface area (Å²) < 4.78 is 0. The molecule has 0 bridgehead atoms. The van der Waals surface area contributed by atoms with Crippen molar-refractivity contribution in [1.82, 2.24) is 0 Å². The number of aliphatic carboxylic acids is 3. The number of halogens is 1. The molecular weight excluding hydrogens is 364 g/mol. The van der Waals surface area contributed by atoms with E-state index < -0.39 is 17.9 Å². The summed E-state index contributed by atoms with van der Waals surface area (Å²) in [6, 6.07) is 0. The van der Waals surface area contributed by atoms with Gasteiger partial charge in [0.25, 0.3) is 0 Å². The molecule has 0 radical (unpaired) electrons. The number of hydrogen-bond donors (Lipinski definition) is 3. The van der Waals surface area contributed by atoms with E-state index in [1.54, 1.807) is 0 Å². The summed E-state index contributed by atoms with van der Waals surface area (Å²) in [7, 11) is 0. The predicted molar refractivity (Wildman–Crippen MR) is 55.2 cm³/mol. The molecule has 0 aromatic rings. The van der Waals surface area contributed by atoms with Crippen LogP contribution in [0.5, 0.6) is 0 Å². The van der Waals surface area contributed by atoms with E-state index in [0.717, 1.165) is 0 Å². The first-order chi connectivity index (χ1) is 6.81. The smallest absolute Gasteiger partial charge is 0.549 e. The third-order valence-corrected chi connectivity index (χ3v) is 0.500. The molecule has 0 spiro atoms. The number of carbonyl (C=O) groups is 3. The van der Waals surface area contributed by atoms with Crippen LogP contribution in [0.2, 0.25) is 0 Å². The molecule has 0 saturated heterocycles. The summed E-state index contributed by atoms with van der Waals surface area (Å²) in [5.74, 6) is -3.65. The van der Waals surface area contributed by atoms with Gasteiger partial charge in [-0.15, -0.1) is 12.4 Å². The number of hydrogen-bond acceptors (Lipinski definition) is 9. The Balaban J connectivity index is -0.0000000277. The third-order valence-electron chi connectivity index (χ3n) is 0.500. The quantitative estimate of drug-likeness (QED) is 0.400. The van der Waals surface area contributed by atoms with Crippen LogP contribution >= 0.6 is 12.4 Å². The van der Waals surface area contributed by atoms with Gasteiger partial charge in [-0.2, -0.15) is 0 Å². The van der Waals surface area contributed by atoms with Gasteiger partial charge in [0.15, 0.2) is 0 Å². The van der Waals surface area contributed by atoms with Gasteiger partial charge in [0, 0.05) is 45.8 Å². The maximum Gasteiger partial charge on any atom is 3.00 e.